The summed E-state index contributed by atoms with van der Waals surface area (Å²) in [5.74, 6) is 1.09. The number of hydrogen-bond donors (Lipinski definition) is 1. The molecule has 4 nitrogen and oxygen atoms in total. The lowest BCUT2D eigenvalue weighted by atomic mass is 10.0. The summed E-state index contributed by atoms with van der Waals surface area (Å²) in [4.78, 5) is 27.5. The van der Waals surface area contributed by atoms with Crippen LogP contribution in [0, 0.1) is 12.8 Å². The van der Waals surface area contributed by atoms with Crippen LogP contribution in [0.4, 0.5) is 0 Å². The highest BCUT2D eigenvalue weighted by Gasteiger charge is 2.42. The van der Waals surface area contributed by atoms with Gasteiger partial charge in [0, 0.05) is 17.9 Å². The van der Waals surface area contributed by atoms with Crippen LogP contribution >= 0.6 is 11.8 Å². The van der Waals surface area contributed by atoms with Crippen LogP contribution in [0.15, 0.2) is 24.3 Å². The summed E-state index contributed by atoms with van der Waals surface area (Å²) < 4.78 is 0. The summed E-state index contributed by atoms with van der Waals surface area (Å²) in [6, 6.07) is 7.24. The van der Waals surface area contributed by atoms with Crippen molar-refractivity contribution in [2.75, 3.05) is 12.3 Å². The lowest BCUT2D eigenvalue weighted by molar-refractivity contribution is -0.124. The SMILES string of the molecule is CCCNC(=O)C1CSC(CC(C)C)N1C(=O)c1ccccc1C. The minimum atomic E-state index is -0.377. The smallest absolute Gasteiger partial charge is 0.255 e. The highest BCUT2D eigenvalue weighted by atomic mass is 32.2. The predicted molar refractivity (Wildman–Crippen MR) is 100 cm³/mol. The molecule has 1 aliphatic rings. The molecule has 1 N–H and O–H groups in total. The molecule has 132 valence electrons. The molecule has 1 aromatic rings. The molecule has 1 aromatic carbocycles. The largest absolute Gasteiger partial charge is 0.354 e. The number of benzene rings is 1. The van der Waals surface area contributed by atoms with Gasteiger partial charge in [0.1, 0.15) is 6.04 Å². The Morgan fingerprint density at radius 3 is 2.67 bits per heavy atom. The van der Waals surface area contributed by atoms with Crippen LogP contribution in [0.5, 0.6) is 0 Å². The van der Waals surface area contributed by atoms with E-state index in [0.717, 1.165) is 18.4 Å². The molecule has 0 aromatic heterocycles. The topological polar surface area (TPSA) is 49.4 Å². The van der Waals surface area contributed by atoms with Gasteiger partial charge in [-0.1, -0.05) is 39.0 Å². The van der Waals surface area contributed by atoms with Crippen LogP contribution in [0.2, 0.25) is 0 Å². The Bertz CT molecular complexity index is 588. The summed E-state index contributed by atoms with van der Waals surface area (Å²) in [6.07, 6.45) is 1.80. The molecule has 5 heteroatoms. The van der Waals surface area contributed by atoms with Crippen molar-refractivity contribution in [3.63, 3.8) is 0 Å². The minimum absolute atomic E-state index is 0.0274. The molecule has 0 spiro atoms. The number of thioether (sulfide) groups is 1. The lowest BCUT2D eigenvalue weighted by Gasteiger charge is -2.30. The summed E-state index contributed by atoms with van der Waals surface area (Å²) in [5, 5.41) is 3.02. The van der Waals surface area contributed by atoms with E-state index in [4.69, 9.17) is 0 Å². The first-order valence-corrected chi connectivity index (χ1v) is 9.78. The molecular weight excluding hydrogens is 320 g/mol. The van der Waals surface area contributed by atoms with E-state index in [0.29, 0.717) is 23.8 Å². The summed E-state index contributed by atoms with van der Waals surface area (Å²) >= 11 is 1.72. The maximum atomic E-state index is 13.2. The average Bonchev–Trinajstić information content (AvgIpc) is 2.95. The Labute approximate surface area is 149 Å². The second kappa shape index (κ2) is 8.56. The molecule has 0 aliphatic carbocycles. The number of hydrogen-bond acceptors (Lipinski definition) is 3. The van der Waals surface area contributed by atoms with Gasteiger partial charge in [-0.3, -0.25) is 9.59 Å². The number of aryl methyl sites for hydroxylation is 1. The lowest BCUT2D eigenvalue weighted by Crippen LogP contribution is -2.50. The fourth-order valence-corrected chi connectivity index (χ4v) is 4.58. The van der Waals surface area contributed by atoms with Crippen LogP contribution in [-0.2, 0) is 4.79 Å². The molecular formula is C19H28N2O2S. The fourth-order valence-electron chi connectivity index (χ4n) is 2.94. The Morgan fingerprint density at radius 2 is 2.04 bits per heavy atom. The second-order valence-corrected chi connectivity index (χ2v) is 7.96. The van der Waals surface area contributed by atoms with Crippen molar-refractivity contribution in [1.29, 1.82) is 0 Å². The van der Waals surface area contributed by atoms with Crippen molar-refractivity contribution in [3.05, 3.63) is 35.4 Å². The summed E-state index contributed by atoms with van der Waals surface area (Å²) in [5.41, 5.74) is 1.65. The van der Waals surface area contributed by atoms with E-state index < -0.39 is 0 Å². The maximum Gasteiger partial charge on any atom is 0.255 e. The van der Waals surface area contributed by atoms with Gasteiger partial charge in [-0.05, 0) is 37.3 Å². The number of rotatable bonds is 6. The summed E-state index contributed by atoms with van der Waals surface area (Å²) in [6.45, 7) is 8.94. The first kappa shape index (κ1) is 18.8. The highest BCUT2D eigenvalue weighted by Crippen LogP contribution is 2.35. The van der Waals surface area contributed by atoms with E-state index in [1.165, 1.54) is 0 Å². The van der Waals surface area contributed by atoms with Gasteiger partial charge in [0.2, 0.25) is 5.91 Å². The molecule has 1 saturated heterocycles. The highest BCUT2D eigenvalue weighted by molar-refractivity contribution is 8.00. The zero-order chi connectivity index (χ0) is 17.7. The standard InChI is InChI=1S/C19H28N2O2S/c1-5-10-20-18(22)16-12-24-17(11-13(2)3)21(16)19(23)15-9-7-6-8-14(15)4/h6-9,13,16-17H,5,10-12H2,1-4H3,(H,20,22). The van der Waals surface area contributed by atoms with Crippen LogP contribution in [0.25, 0.3) is 0 Å². The first-order chi connectivity index (χ1) is 11.5. The molecule has 2 rings (SSSR count). The van der Waals surface area contributed by atoms with Crippen LogP contribution in [0.1, 0.15) is 49.5 Å². The molecule has 2 unspecified atom stereocenters. The zero-order valence-electron chi connectivity index (χ0n) is 15.0. The minimum Gasteiger partial charge on any atom is -0.354 e. The van der Waals surface area contributed by atoms with Gasteiger partial charge < -0.3 is 10.2 Å². The third kappa shape index (κ3) is 4.32. The molecule has 0 saturated carbocycles. The third-order valence-electron chi connectivity index (χ3n) is 4.23. The second-order valence-electron chi connectivity index (χ2n) is 6.75. The van der Waals surface area contributed by atoms with Crippen LogP contribution in [0.3, 0.4) is 0 Å². The number of carbonyl (C=O) groups is 2. The van der Waals surface area contributed by atoms with Gasteiger partial charge in [-0.15, -0.1) is 11.8 Å². The molecule has 1 fully saturated rings. The monoisotopic (exact) mass is 348 g/mol. The van der Waals surface area contributed by atoms with Crippen molar-refractivity contribution in [2.24, 2.45) is 5.92 Å². The van der Waals surface area contributed by atoms with Crippen molar-refractivity contribution in [1.82, 2.24) is 10.2 Å². The van der Waals surface area contributed by atoms with E-state index in [-0.39, 0.29) is 23.2 Å². The van der Waals surface area contributed by atoms with Gasteiger partial charge in [-0.25, -0.2) is 0 Å². The van der Waals surface area contributed by atoms with Gasteiger partial charge in [0.15, 0.2) is 0 Å². The van der Waals surface area contributed by atoms with E-state index >= 15 is 0 Å². The normalized spacial score (nSPS) is 20.5. The summed E-state index contributed by atoms with van der Waals surface area (Å²) in [7, 11) is 0. The molecule has 2 amide bonds. The van der Waals surface area contributed by atoms with Gasteiger partial charge in [0.25, 0.3) is 5.91 Å². The third-order valence-corrected chi connectivity index (χ3v) is 5.54. The molecule has 0 bridgehead atoms. The molecule has 1 aliphatic heterocycles. The Kier molecular flexibility index (Phi) is 6.72. The Hall–Kier alpha value is -1.49. The van der Waals surface area contributed by atoms with Gasteiger partial charge in [-0.2, -0.15) is 0 Å². The van der Waals surface area contributed by atoms with Crippen molar-refractivity contribution in [2.45, 2.75) is 52.0 Å². The fraction of sp³-hybridized carbons (Fsp3) is 0.579. The number of carbonyl (C=O) groups excluding carboxylic acids is 2. The number of amides is 2. The number of nitrogens with one attached hydrogen (secondary N) is 1. The van der Waals surface area contributed by atoms with E-state index in [9.17, 15) is 9.59 Å². The van der Waals surface area contributed by atoms with Crippen LogP contribution < -0.4 is 5.32 Å². The molecule has 1 heterocycles. The van der Waals surface area contributed by atoms with Gasteiger partial charge in [0.05, 0.1) is 5.37 Å². The van der Waals surface area contributed by atoms with E-state index in [1.54, 1.807) is 11.8 Å². The zero-order valence-corrected chi connectivity index (χ0v) is 15.9. The molecule has 2 atom stereocenters. The molecule has 0 radical (unpaired) electrons. The van der Waals surface area contributed by atoms with Crippen molar-refractivity contribution in [3.8, 4) is 0 Å². The average molecular weight is 349 g/mol. The first-order valence-electron chi connectivity index (χ1n) is 8.73. The van der Waals surface area contributed by atoms with Gasteiger partial charge >= 0.3 is 0 Å². The van der Waals surface area contributed by atoms with Crippen LogP contribution in [-0.4, -0.2) is 40.4 Å². The predicted octanol–water partition coefficient (Wildman–Crippen LogP) is 3.45. The number of nitrogens with zero attached hydrogens (tertiary/aromatic N) is 1. The Morgan fingerprint density at radius 1 is 1.33 bits per heavy atom. The Balaban J connectivity index is 2.27. The van der Waals surface area contributed by atoms with E-state index in [1.807, 2.05) is 43.0 Å². The van der Waals surface area contributed by atoms with E-state index in [2.05, 4.69) is 19.2 Å². The quantitative estimate of drug-likeness (QED) is 0.856. The maximum absolute atomic E-state index is 13.2. The van der Waals surface area contributed by atoms with Crippen molar-refractivity contribution < 1.29 is 9.59 Å². The molecule has 24 heavy (non-hydrogen) atoms. The van der Waals surface area contributed by atoms with Crippen molar-refractivity contribution >= 4 is 23.6 Å².